The second kappa shape index (κ2) is 3.08. The maximum atomic E-state index is 10.4. The van der Waals surface area contributed by atoms with Crippen LogP contribution < -0.4 is 0 Å². The second-order valence-corrected chi connectivity index (χ2v) is 2.71. The summed E-state index contributed by atoms with van der Waals surface area (Å²) < 4.78 is 0. The first-order valence-corrected chi connectivity index (χ1v) is 3.13. The first kappa shape index (κ1) is 7.96. The van der Waals surface area contributed by atoms with Gasteiger partial charge in [-0.3, -0.25) is 4.79 Å². The molecule has 0 aromatic carbocycles. The Morgan fingerprint density at radius 3 is 1.75 bits per heavy atom. The molecule has 0 aliphatic heterocycles. The van der Waals surface area contributed by atoms with Gasteiger partial charge < -0.3 is 0 Å². The van der Waals surface area contributed by atoms with Gasteiger partial charge in [0.1, 0.15) is 0 Å². The lowest BCUT2D eigenvalue weighted by atomic mass is 10.0. The Bertz CT molecular complexity index is 88.5. The molecule has 0 N–H and O–H groups in total. The average molecular weight is 135 g/mol. The number of carbonyl (C=O) groups excluding carboxylic acids is 1. The predicted molar refractivity (Wildman–Crippen MR) is 34.9 cm³/mol. The summed E-state index contributed by atoms with van der Waals surface area (Å²) in [7, 11) is 0. The highest BCUT2D eigenvalue weighted by molar-refractivity contribution is 6.63. The van der Waals surface area contributed by atoms with E-state index < -0.39 is 0 Å². The lowest BCUT2D eigenvalue weighted by Gasteiger charge is -2.07. The summed E-state index contributed by atoms with van der Waals surface area (Å²) in [5.74, 6) is 0.358. The van der Waals surface area contributed by atoms with Crippen LogP contribution in [0.1, 0.15) is 20.8 Å². The minimum atomic E-state index is -0.236. The average Bonchev–Trinajstić information content (AvgIpc) is 1.64. The van der Waals surface area contributed by atoms with Gasteiger partial charge >= 0.3 is 0 Å². The largest absolute Gasteiger partial charge is 0.281 e. The Balaban J connectivity index is 3.64. The second-order valence-electron chi connectivity index (χ2n) is 2.34. The molecule has 0 saturated heterocycles. The Morgan fingerprint density at radius 1 is 1.38 bits per heavy atom. The van der Waals surface area contributed by atoms with E-state index in [4.69, 9.17) is 11.6 Å². The summed E-state index contributed by atoms with van der Waals surface area (Å²) in [5, 5.41) is -0.236. The first-order valence-electron chi connectivity index (χ1n) is 2.75. The fourth-order valence-electron chi connectivity index (χ4n) is 0.262. The monoisotopic (exact) mass is 134 g/mol. The summed E-state index contributed by atoms with van der Waals surface area (Å²) in [5.41, 5.74) is 0. The Labute approximate surface area is 55.0 Å². The van der Waals surface area contributed by atoms with E-state index in [0.717, 1.165) is 0 Å². The summed E-state index contributed by atoms with van der Waals surface area (Å²) in [4.78, 5) is 10.4. The molecule has 0 radical (unpaired) electrons. The fraction of sp³-hybridized carbons (Fsp3) is 0.833. The SMILES string of the molecule is CC(C)[C@H](C)C(=O)Cl. The van der Waals surface area contributed by atoms with E-state index in [-0.39, 0.29) is 11.2 Å². The Kier molecular flexibility index (Phi) is 3.06. The van der Waals surface area contributed by atoms with E-state index in [1.54, 1.807) is 0 Å². The summed E-state index contributed by atoms with van der Waals surface area (Å²) >= 11 is 5.18. The number of hydrogen-bond acceptors (Lipinski definition) is 1. The lowest BCUT2D eigenvalue weighted by Crippen LogP contribution is -2.10. The zero-order valence-corrected chi connectivity index (χ0v) is 6.20. The van der Waals surface area contributed by atoms with E-state index in [1.165, 1.54) is 0 Å². The highest BCUT2D eigenvalue weighted by atomic mass is 35.5. The molecule has 0 saturated carbocycles. The zero-order chi connectivity index (χ0) is 6.73. The van der Waals surface area contributed by atoms with Crippen LogP contribution in [0.4, 0.5) is 0 Å². The summed E-state index contributed by atoms with van der Waals surface area (Å²) in [6, 6.07) is 0. The third-order valence-electron chi connectivity index (χ3n) is 1.36. The number of hydrogen-bond donors (Lipinski definition) is 0. The molecule has 0 fully saturated rings. The third kappa shape index (κ3) is 2.31. The highest BCUT2D eigenvalue weighted by Crippen LogP contribution is 2.11. The van der Waals surface area contributed by atoms with Crippen molar-refractivity contribution in [2.24, 2.45) is 11.8 Å². The van der Waals surface area contributed by atoms with Gasteiger partial charge in [0.15, 0.2) is 0 Å². The first-order chi connectivity index (χ1) is 3.55. The normalized spacial score (nSPS) is 14.1. The molecule has 2 heteroatoms. The van der Waals surface area contributed by atoms with Gasteiger partial charge in [-0.2, -0.15) is 0 Å². The van der Waals surface area contributed by atoms with Crippen LogP contribution in [0.3, 0.4) is 0 Å². The molecule has 8 heavy (non-hydrogen) atoms. The van der Waals surface area contributed by atoms with Crippen LogP contribution in [-0.4, -0.2) is 5.24 Å². The molecule has 0 aromatic rings. The van der Waals surface area contributed by atoms with Crippen LogP contribution in [0.2, 0.25) is 0 Å². The van der Waals surface area contributed by atoms with Crippen molar-refractivity contribution in [2.75, 3.05) is 0 Å². The van der Waals surface area contributed by atoms with Crippen molar-refractivity contribution < 1.29 is 4.79 Å². The minimum absolute atomic E-state index is 0.00309. The lowest BCUT2D eigenvalue weighted by molar-refractivity contribution is -0.115. The van der Waals surface area contributed by atoms with E-state index >= 15 is 0 Å². The van der Waals surface area contributed by atoms with Crippen LogP contribution in [0.5, 0.6) is 0 Å². The Hall–Kier alpha value is -0.0400. The topological polar surface area (TPSA) is 17.1 Å². The number of halogens is 1. The predicted octanol–water partition coefficient (Wildman–Crippen LogP) is 2.04. The molecule has 0 aliphatic carbocycles. The molecule has 0 unspecified atom stereocenters. The van der Waals surface area contributed by atoms with Gasteiger partial charge in [0.25, 0.3) is 0 Å². The van der Waals surface area contributed by atoms with E-state index in [0.29, 0.717) is 5.92 Å². The van der Waals surface area contributed by atoms with Gasteiger partial charge in [-0.15, -0.1) is 0 Å². The van der Waals surface area contributed by atoms with Gasteiger partial charge in [0.05, 0.1) is 0 Å². The zero-order valence-electron chi connectivity index (χ0n) is 5.44. The molecule has 0 aromatic heterocycles. The molecular weight excluding hydrogens is 124 g/mol. The van der Waals surface area contributed by atoms with Crippen molar-refractivity contribution in [3.05, 3.63) is 0 Å². The molecule has 1 nitrogen and oxygen atoms in total. The van der Waals surface area contributed by atoms with Gasteiger partial charge in [-0.1, -0.05) is 20.8 Å². The summed E-state index contributed by atoms with van der Waals surface area (Å²) in [6.07, 6.45) is 0. The van der Waals surface area contributed by atoms with Gasteiger partial charge in [-0.25, -0.2) is 0 Å². The fourth-order valence-corrected chi connectivity index (χ4v) is 0.514. The maximum absolute atomic E-state index is 10.4. The molecule has 0 spiro atoms. The quantitative estimate of drug-likeness (QED) is 0.529. The van der Waals surface area contributed by atoms with Crippen molar-refractivity contribution in [1.82, 2.24) is 0 Å². The molecule has 48 valence electrons. The van der Waals surface area contributed by atoms with Crippen molar-refractivity contribution in [3.63, 3.8) is 0 Å². The van der Waals surface area contributed by atoms with E-state index in [1.807, 2.05) is 20.8 Å². The van der Waals surface area contributed by atoms with Crippen LogP contribution in [-0.2, 0) is 4.79 Å². The molecule has 0 aliphatic rings. The van der Waals surface area contributed by atoms with Crippen LogP contribution in [0.15, 0.2) is 0 Å². The van der Waals surface area contributed by atoms with Crippen molar-refractivity contribution in [3.8, 4) is 0 Å². The molecule has 0 rings (SSSR count). The van der Waals surface area contributed by atoms with E-state index in [9.17, 15) is 4.79 Å². The molecule has 1 atom stereocenters. The maximum Gasteiger partial charge on any atom is 0.224 e. The van der Waals surface area contributed by atoms with Crippen LogP contribution >= 0.6 is 11.6 Å². The van der Waals surface area contributed by atoms with Crippen LogP contribution in [0.25, 0.3) is 0 Å². The number of rotatable bonds is 2. The van der Waals surface area contributed by atoms with Gasteiger partial charge in [0.2, 0.25) is 5.24 Å². The smallest absolute Gasteiger partial charge is 0.224 e. The van der Waals surface area contributed by atoms with Crippen molar-refractivity contribution in [1.29, 1.82) is 0 Å². The van der Waals surface area contributed by atoms with Crippen molar-refractivity contribution in [2.45, 2.75) is 20.8 Å². The molecule has 0 heterocycles. The molecular formula is C6H11ClO. The van der Waals surface area contributed by atoms with Crippen LogP contribution in [0, 0.1) is 11.8 Å². The molecule has 0 amide bonds. The molecule has 0 bridgehead atoms. The third-order valence-corrected chi connectivity index (χ3v) is 1.70. The highest BCUT2D eigenvalue weighted by Gasteiger charge is 2.12. The van der Waals surface area contributed by atoms with Gasteiger partial charge in [-0.05, 0) is 17.5 Å². The number of carbonyl (C=O) groups is 1. The standard InChI is InChI=1S/C6H11ClO/c1-4(2)5(3)6(7)8/h4-5H,1-3H3/t5-/m0/s1. The van der Waals surface area contributed by atoms with E-state index in [2.05, 4.69) is 0 Å². The van der Waals surface area contributed by atoms with Gasteiger partial charge in [0, 0.05) is 5.92 Å². The van der Waals surface area contributed by atoms with Crippen molar-refractivity contribution >= 4 is 16.8 Å². The summed E-state index contributed by atoms with van der Waals surface area (Å²) in [6.45, 7) is 5.79. The Morgan fingerprint density at radius 2 is 1.75 bits per heavy atom. The minimum Gasteiger partial charge on any atom is -0.281 e.